The average molecular weight is 276 g/mol. The second-order valence-corrected chi connectivity index (χ2v) is 6.87. The summed E-state index contributed by atoms with van der Waals surface area (Å²) in [5.41, 5.74) is 0. The van der Waals surface area contributed by atoms with E-state index >= 15 is 0 Å². The van der Waals surface area contributed by atoms with E-state index in [4.69, 9.17) is 9.26 Å². The van der Waals surface area contributed by atoms with Gasteiger partial charge in [0.15, 0.2) is 15.7 Å². The Kier molecular flexibility index (Phi) is 3.69. The van der Waals surface area contributed by atoms with Crippen LogP contribution in [-0.4, -0.2) is 49.2 Å². The molecule has 2 heterocycles. The number of aliphatic hydroxyl groups is 1. The number of ether oxygens (including phenoxy) is 1. The summed E-state index contributed by atoms with van der Waals surface area (Å²) >= 11 is 0. The third-order valence-electron chi connectivity index (χ3n) is 3.10. The van der Waals surface area contributed by atoms with Gasteiger partial charge in [0.25, 0.3) is 0 Å². The summed E-state index contributed by atoms with van der Waals surface area (Å²) in [5.74, 6) is -0.0373. The highest BCUT2D eigenvalue weighted by Gasteiger charge is 2.32. The van der Waals surface area contributed by atoms with Gasteiger partial charge in [-0.15, -0.1) is 0 Å². The first-order valence-corrected chi connectivity index (χ1v) is 7.63. The zero-order valence-electron chi connectivity index (χ0n) is 10.2. The summed E-state index contributed by atoms with van der Waals surface area (Å²) in [5, 5.41) is 12.6. The zero-order valence-corrected chi connectivity index (χ0v) is 11.1. The topological polar surface area (TPSA) is 103 Å². The largest absolute Gasteiger partial charge is 0.392 e. The molecule has 1 aliphatic rings. The van der Waals surface area contributed by atoms with Gasteiger partial charge in [0, 0.05) is 12.9 Å². The molecule has 1 saturated heterocycles. The number of sulfone groups is 1. The zero-order chi connectivity index (χ0) is 13.3. The van der Waals surface area contributed by atoms with E-state index in [1.54, 1.807) is 0 Å². The van der Waals surface area contributed by atoms with Crippen LogP contribution in [0.5, 0.6) is 0 Å². The number of nitrogens with zero attached hydrogens (tertiary/aromatic N) is 2. The van der Waals surface area contributed by atoms with E-state index in [-0.39, 0.29) is 17.6 Å². The fraction of sp³-hybridized carbons (Fsp3) is 0.800. The maximum Gasteiger partial charge on any atom is 0.234 e. The molecule has 1 aliphatic heterocycles. The summed E-state index contributed by atoms with van der Waals surface area (Å²) < 4.78 is 33.0. The van der Waals surface area contributed by atoms with Crippen molar-refractivity contribution in [1.29, 1.82) is 0 Å². The molecule has 1 aromatic rings. The van der Waals surface area contributed by atoms with Gasteiger partial charge in [-0.1, -0.05) is 5.16 Å². The lowest BCUT2D eigenvalue weighted by Crippen LogP contribution is -2.30. The SMILES string of the molecule is CC(c1noc(C2COCCC2O)n1)S(C)(=O)=O. The number of rotatable bonds is 3. The summed E-state index contributed by atoms with van der Waals surface area (Å²) in [6, 6.07) is 0. The minimum absolute atomic E-state index is 0.116. The maximum atomic E-state index is 11.4. The van der Waals surface area contributed by atoms with Crippen LogP contribution in [-0.2, 0) is 14.6 Å². The van der Waals surface area contributed by atoms with E-state index in [9.17, 15) is 13.5 Å². The molecule has 8 heteroatoms. The maximum absolute atomic E-state index is 11.4. The van der Waals surface area contributed by atoms with E-state index in [0.29, 0.717) is 19.6 Å². The van der Waals surface area contributed by atoms with Crippen molar-refractivity contribution in [1.82, 2.24) is 10.1 Å². The normalized spacial score (nSPS) is 27.1. The molecule has 0 aliphatic carbocycles. The van der Waals surface area contributed by atoms with Crippen molar-refractivity contribution < 1.29 is 22.8 Å². The standard InChI is InChI=1S/C10H16N2O5S/c1-6(18(2,14)15)9-11-10(17-12-9)7-5-16-4-3-8(7)13/h6-8,13H,3-5H2,1-2H3. The first-order valence-electron chi connectivity index (χ1n) is 5.67. The van der Waals surface area contributed by atoms with Gasteiger partial charge in [-0.05, 0) is 13.3 Å². The number of aromatic nitrogens is 2. The Balaban J connectivity index is 2.20. The fourth-order valence-corrected chi connectivity index (χ4v) is 2.20. The summed E-state index contributed by atoms with van der Waals surface area (Å²) in [6.45, 7) is 2.30. The van der Waals surface area contributed by atoms with Crippen LogP contribution in [0.2, 0.25) is 0 Å². The quantitative estimate of drug-likeness (QED) is 0.831. The van der Waals surface area contributed by atoms with Crippen LogP contribution in [0.3, 0.4) is 0 Å². The molecule has 3 unspecified atom stereocenters. The van der Waals surface area contributed by atoms with Crippen LogP contribution in [0.1, 0.15) is 36.2 Å². The molecule has 0 aromatic carbocycles. The molecule has 0 spiro atoms. The predicted molar refractivity (Wildman–Crippen MR) is 61.7 cm³/mol. The molecule has 0 saturated carbocycles. The number of hydrogen-bond acceptors (Lipinski definition) is 7. The van der Waals surface area contributed by atoms with Crippen molar-refractivity contribution in [2.24, 2.45) is 0 Å². The van der Waals surface area contributed by atoms with Crippen LogP contribution in [0.25, 0.3) is 0 Å². The third kappa shape index (κ3) is 2.70. The van der Waals surface area contributed by atoms with Crippen molar-refractivity contribution in [2.45, 2.75) is 30.6 Å². The van der Waals surface area contributed by atoms with Gasteiger partial charge in [0.1, 0.15) is 5.25 Å². The van der Waals surface area contributed by atoms with E-state index in [0.717, 1.165) is 6.26 Å². The van der Waals surface area contributed by atoms with E-state index in [1.165, 1.54) is 6.92 Å². The first-order chi connectivity index (χ1) is 8.39. The predicted octanol–water partition coefficient (Wildman–Crippen LogP) is 0.0400. The minimum Gasteiger partial charge on any atom is -0.392 e. The summed E-state index contributed by atoms with van der Waals surface area (Å²) in [7, 11) is -3.27. The minimum atomic E-state index is -3.27. The fourth-order valence-electron chi connectivity index (χ4n) is 1.72. The van der Waals surface area contributed by atoms with Gasteiger partial charge >= 0.3 is 0 Å². The molecule has 0 radical (unpaired) electrons. The van der Waals surface area contributed by atoms with E-state index < -0.39 is 21.2 Å². The van der Waals surface area contributed by atoms with Crippen LogP contribution in [0, 0.1) is 0 Å². The van der Waals surface area contributed by atoms with E-state index in [1.807, 2.05) is 0 Å². The molecule has 7 nitrogen and oxygen atoms in total. The molecular formula is C10H16N2O5S. The third-order valence-corrected chi connectivity index (χ3v) is 4.60. The van der Waals surface area contributed by atoms with Crippen molar-refractivity contribution in [3.8, 4) is 0 Å². The Hall–Kier alpha value is -0.990. The highest BCUT2D eigenvalue weighted by Crippen LogP contribution is 2.26. The van der Waals surface area contributed by atoms with Gasteiger partial charge in [-0.25, -0.2) is 8.42 Å². The molecular weight excluding hydrogens is 260 g/mol. The Morgan fingerprint density at radius 2 is 2.22 bits per heavy atom. The second kappa shape index (κ2) is 4.94. The van der Waals surface area contributed by atoms with Gasteiger partial charge in [0.2, 0.25) is 5.89 Å². The van der Waals surface area contributed by atoms with Gasteiger partial charge in [-0.3, -0.25) is 0 Å². The average Bonchev–Trinajstić information content (AvgIpc) is 2.76. The highest BCUT2D eigenvalue weighted by molar-refractivity contribution is 7.90. The van der Waals surface area contributed by atoms with Gasteiger partial charge < -0.3 is 14.4 Å². The lowest BCUT2D eigenvalue weighted by atomic mass is 9.99. The number of aliphatic hydroxyl groups excluding tert-OH is 1. The summed E-state index contributed by atoms with van der Waals surface area (Å²) in [4.78, 5) is 4.05. The molecule has 102 valence electrons. The van der Waals surface area contributed by atoms with Crippen molar-refractivity contribution in [2.75, 3.05) is 19.5 Å². The van der Waals surface area contributed by atoms with Gasteiger partial charge in [-0.2, -0.15) is 4.98 Å². The lowest BCUT2D eigenvalue weighted by molar-refractivity contribution is -0.0149. The van der Waals surface area contributed by atoms with Crippen LogP contribution < -0.4 is 0 Å². The molecule has 0 bridgehead atoms. The summed E-state index contributed by atoms with van der Waals surface area (Å²) in [6.07, 6.45) is 1.02. The van der Waals surface area contributed by atoms with Crippen molar-refractivity contribution in [3.63, 3.8) is 0 Å². The number of hydrogen-bond donors (Lipinski definition) is 1. The van der Waals surface area contributed by atoms with Crippen molar-refractivity contribution >= 4 is 9.84 Å². The van der Waals surface area contributed by atoms with Crippen LogP contribution in [0.15, 0.2) is 4.52 Å². The van der Waals surface area contributed by atoms with Crippen LogP contribution >= 0.6 is 0 Å². The van der Waals surface area contributed by atoms with Gasteiger partial charge in [0.05, 0.1) is 18.6 Å². The Morgan fingerprint density at radius 1 is 1.50 bits per heavy atom. The highest BCUT2D eigenvalue weighted by atomic mass is 32.2. The smallest absolute Gasteiger partial charge is 0.234 e. The Labute approximate surface area is 105 Å². The van der Waals surface area contributed by atoms with E-state index in [2.05, 4.69) is 10.1 Å². The molecule has 1 aromatic heterocycles. The monoisotopic (exact) mass is 276 g/mol. The van der Waals surface area contributed by atoms with Crippen LogP contribution in [0.4, 0.5) is 0 Å². The molecule has 1 fully saturated rings. The molecule has 1 N–H and O–H groups in total. The molecule has 2 rings (SSSR count). The molecule has 0 amide bonds. The molecule has 3 atom stereocenters. The van der Waals surface area contributed by atoms with Crippen molar-refractivity contribution in [3.05, 3.63) is 11.7 Å². The Morgan fingerprint density at radius 3 is 2.83 bits per heavy atom. The molecule has 18 heavy (non-hydrogen) atoms. The lowest BCUT2D eigenvalue weighted by Gasteiger charge is -2.24. The first kappa shape index (κ1) is 13.4. The second-order valence-electron chi connectivity index (χ2n) is 4.50. The Bertz CT molecular complexity index is 512.